The fourth-order valence-corrected chi connectivity index (χ4v) is 3.86. The number of hydrogen-bond donors (Lipinski definition) is 1. The summed E-state index contributed by atoms with van der Waals surface area (Å²) in [5.74, 6) is 0. The Morgan fingerprint density at radius 1 is 1.29 bits per heavy atom. The zero-order chi connectivity index (χ0) is 22.8. The van der Waals surface area contributed by atoms with Gasteiger partial charge in [0, 0.05) is 37.4 Å². The fourth-order valence-electron chi connectivity index (χ4n) is 3.21. The number of aromatic nitrogens is 2. The monoisotopic (exact) mass is 461 g/mol. The van der Waals surface area contributed by atoms with Crippen LogP contribution < -0.4 is 10.5 Å². The van der Waals surface area contributed by atoms with Crippen LogP contribution in [0.2, 0.25) is 5.02 Å². The van der Waals surface area contributed by atoms with Crippen LogP contribution in [0.5, 0.6) is 0 Å². The van der Waals surface area contributed by atoms with Crippen molar-refractivity contribution in [1.82, 2.24) is 14.9 Å². The fraction of sp³-hybridized carbons (Fsp3) is 0.429. The molecule has 31 heavy (non-hydrogen) atoms. The third-order valence-electron chi connectivity index (χ3n) is 4.71. The number of nitriles is 1. The molecule has 0 saturated carbocycles. The second kappa shape index (κ2) is 9.20. The maximum Gasteiger partial charge on any atom is 0.410 e. The standard InChI is InChI=1S/C21H24ClN5O3S/c1-21(2,3)30-20(29)27-9-7-26(8-10-27)13-5-6-14(16(22)11-13)17-15(12-23)18(28)25-19(24-17)31-4/h5-6,11H,7-10H2,1-4H3,(H,24,25,28). The van der Waals surface area contributed by atoms with E-state index in [9.17, 15) is 14.9 Å². The third-order valence-corrected chi connectivity index (χ3v) is 5.60. The van der Waals surface area contributed by atoms with E-state index in [0.717, 1.165) is 5.69 Å². The molecule has 1 aromatic heterocycles. The van der Waals surface area contributed by atoms with E-state index >= 15 is 0 Å². The average Bonchev–Trinajstić information content (AvgIpc) is 2.72. The van der Waals surface area contributed by atoms with Gasteiger partial charge in [0.15, 0.2) is 5.16 Å². The van der Waals surface area contributed by atoms with Crippen LogP contribution in [-0.2, 0) is 4.74 Å². The number of thioether (sulfide) groups is 1. The van der Waals surface area contributed by atoms with Crippen LogP contribution in [-0.4, -0.2) is 59.0 Å². The van der Waals surface area contributed by atoms with Crippen LogP contribution >= 0.6 is 23.4 Å². The van der Waals surface area contributed by atoms with E-state index in [0.29, 0.717) is 41.9 Å². The van der Waals surface area contributed by atoms with Crippen LogP contribution in [0, 0.1) is 11.3 Å². The lowest BCUT2D eigenvalue weighted by Gasteiger charge is -2.36. The lowest BCUT2D eigenvalue weighted by atomic mass is 10.1. The van der Waals surface area contributed by atoms with Crippen LogP contribution in [0.1, 0.15) is 26.3 Å². The summed E-state index contributed by atoms with van der Waals surface area (Å²) >= 11 is 7.81. The minimum atomic E-state index is -0.525. The number of hydrogen-bond acceptors (Lipinski definition) is 7. The predicted molar refractivity (Wildman–Crippen MR) is 122 cm³/mol. The first-order valence-corrected chi connectivity index (χ1v) is 11.3. The maximum absolute atomic E-state index is 12.3. The van der Waals surface area contributed by atoms with Crippen LogP contribution in [0.15, 0.2) is 28.2 Å². The van der Waals surface area contributed by atoms with E-state index in [1.165, 1.54) is 11.8 Å². The highest BCUT2D eigenvalue weighted by Crippen LogP contribution is 2.32. The number of carbonyl (C=O) groups excluding carboxylic acids is 1. The van der Waals surface area contributed by atoms with Gasteiger partial charge < -0.3 is 19.5 Å². The molecule has 0 bridgehead atoms. The van der Waals surface area contributed by atoms with E-state index < -0.39 is 11.2 Å². The summed E-state index contributed by atoms with van der Waals surface area (Å²) in [6.45, 7) is 7.90. The second-order valence-electron chi connectivity index (χ2n) is 8.03. The van der Waals surface area contributed by atoms with Crippen molar-refractivity contribution in [3.05, 3.63) is 39.1 Å². The molecule has 2 aromatic rings. The van der Waals surface area contributed by atoms with Gasteiger partial charge in [0.2, 0.25) is 0 Å². The molecule has 1 aromatic carbocycles. The second-order valence-corrected chi connectivity index (χ2v) is 9.23. The molecule has 0 unspecified atom stereocenters. The van der Waals surface area contributed by atoms with Gasteiger partial charge in [-0.05, 0) is 45.2 Å². The predicted octanol–water partition coefficient (Wildman–Crippen LogP) is 3.74. The number of piperazine rings is 1. The van der Waals surface area contributed by atoms with Gasteiger partial charge in [0.25, 0.3) is 5.56 Å². The van der Waals surface area contributed by atoms with Gasteiger partial charge in [-0.1, -0.05) is 23.4 Å². The molecule has 164 valence electrons. The molecule has 1 amide bonds. The van der Waals surface area contributed by atoms with Crippen molar-refractivity contribution in [3.8, 4) is 17.3 Å². The van der Waals surface area contributed by atoms with Gasteiger partial charge in [-0.15, -0.1) is 0 Å². The summed E-state index contributed by atoms with van der Waals surface area (Å²) in [6, 6.07) is 7.36. The molecule has 1 saturated heterocycles. The third kappa shape index (κ3) is 5.32. The first-order chi connectivity index (χ1) is 14.6. The van der Waals surface area contributed by atoms with Gasteiger partial charge in [-0.2, -0.15) is 5.26 Å². The highest BCUT2D eigenvalue weighted by Gasteiger charge is 2.26. The van der Waals surface area contributed by atoms with Crippen molar-refractivity contribution in [2.24, 2.45) is 0 Å². The Balaban J connectivity index is 1.79. The molecule has 0 aliphatic carbocycles. The first-order valence-electron chi connectivity index (χ1n) is 9.74. The molecular formula is C21H24ClN5O3S. The van der Waals surface area contributed by atoms with Crippen LogP contribution in [0.25, 0.3) is 11.3 Å². The summed E-state index contributed by atoms with van der Waals surface area (Å²) in [5.41, 5.74) is 0.598. The summed E-state index contributed by atoms with van der Waals surface area (Å²) in [5, 5.41) is 10.2. The average molecular weight is 462 g/mol. The summed E-state index contributed by atoms with van der Waals surface area (Å²) < 4.78 is 5.44. The summed E-state index contributed by atoms with van der Waals surface area (Å²) in [4.78, 5) is 35.2. The van der Waals surface area contributed by atoms with Crippen molar-refractivity contribution >= 4 is 35.1 Å². The molecule has 3 rings (SSSR count). The highest BCUT2D eigenvalue weighted by molar-refractivity contribution is 7.98. The zero-order valence-corrected chi connectivity index (χ0v) is 19.4. The Bertz CT molecular complexity index is 1080. The molecule has 1 aliphatic rings. The Labute approximate surface area is 190 Å². The van der Waals surface area contributed by atoms with Crippen LogP contribution in [0.3, 0.4) is 0 Å². The van der Waals surface area contributed by atoms with E-state index in [1.807, 2.05) is 32.9 Å². The molecule has 1 aliphatic heterocycles. The van der Waals surface area contributed by atoms with Crippen molar-refractivity contribution in [2.75, 3.05) is 37.3 Å². The Hall–Kier alpha value is -2.70. The number of aromatic amines is 1. The number of amides is 1. The summed E-state index contributed by atoms with van der Waals surface area (Å²) in [6.07, 6.45) is 1.48. The smallest absolute Gasteiger partial charge is 0.410 e. The lowest BCUT2D eigenvalue weighted by Crippen LogP contribution is -2.50. The van der Waals surface area contributed by atoms with Crippen molar-refractivity contribution < 1.29 is 9.53 Å². The van der Waals surface area contributed by atoms with Gasteiger partial charge in [-0.25, -0.2) is 9.78 Å². The summed E-state index contributed by atoms with van der Waals surface area (Å²) in [7, 11) is 0. The maximum atomic E-state index is 12.3. The molecule has 2 heterocycles. The minimum absolute atomic E-state index is 0.0709. The molecule has 1 N–H and O–H groups in total. The van der Waals surface area contributed by atoms with Gasteiger partial charge >= 0.3 is 6.09 Å². The first kappa shape index (κ1) is 23.0. The molecule has 0 atom stereocenters. The quantitative estimate of drug-likeness (QED) is 0.548. The molecule has 8 nitrogen and oxygen atoms in total. The SMILES string of the molecule is CSc1nc(-c2ccc(N3CCN(C(=O)OC(C)(C)C)CC3)cc2Cl)c(C#N)c(=O)[nH]1. The largest absolute Gasteiger partial charge is 0.444 e. The number of nitrogens with one attached hydrogen (secondary N) is 1. The van der Waals surface area contributed by atoms with Crippen molar-refractivity contribution in [3.63, 3.8) is 0 Å². The topological polar surface area (TPSA) is 102 Å². The molecule has 1 fully saturated rings. The molecule has 0 spiro atoms. The van der Waals surface area contributed by atoms with Gasteiger partial charge in [0.05, 0.1) is 10.7 Å². The van der Waals surface area contributed by atoms with E-state index in [1.54, 1.807) is 23.3 Å². The normalized spacial score (nSPS) is 14.3. The molecule has 10 heteroatoms. The number of rotatable bonds is 3. The highest BCUT2D eigenvalue weighted by atomic mass is 35.5. The molecule has 0 radical (unpaired) electrons. The number of nitrogens with zero attached hydrogens (tertiary/aromatic N) is 4. The number of ether oxygens (including phenoxy) is 1. The number of H-pyrrole nitrogens is 1. The Morgan fingerprint density at radius 3 is 2.52 bits per heavy atom. The number of carbonyl (C=O) groups is 1. The Kier molecular flexibility index (Phi) is 6.82. The van der Waals surface area contributed by atoms with Gasteiger partial charge in [0.1, 0.15) is 17.2 Å². The minimum Gasteiger partial charge on any atom is -0.444 e. The zero-order valence-electron chi connectivity index (χ0n) is 17.9. The van der Waals surface area contributed by atoms with E-state index in [-0.39, 0.29) is 17.4 Å². The number of anilines is 1. The van der Waals surface area contributed by atoms with E-state index in [2.05, 4.69) is 14.9 Å². The number of halogens is 1. The van der Waals surface area contributed by atoms with Gasteiger partial charge in [-0.3, -0.25) is 4.79 Å². The van der Waals surface area contributed by atoms with E-state index in [4.69, 9.17) is 16.3 Å². The Morgan fingerprint density at radius 2 is 1.97 bits per heavy atom. The van der Waals surface area contributed by atoms with Crippen LogP contribution in [0.4, 0.5) is 10.5 Å². The lowest BCUT2D eigenvalue weighted by molar-refractivity contribution is 0.0240. The van der Waals surface area contributed by atoms with Crippen molar-refractivity contribution in [2.45, 2.75) is 31.5 Å². The number of benzene rings is 1. The van der Waals surface area contributed by atoms with Crippen molar-refractivity contribution in [1.29, 1.82) is 5.26 Å². The molecular weight excluding hydrogens is 438 g/mol.